The zero-order valence-electron chi connectivity index (χ0n) is 15.8. The fourth-order valence-electron chi connectivity index (χ4n) is 2.62. The van der Waals surface area contributed by atoms with Crippen molar-refractivity contribution in [2.45, 2.75) is 11.8 Å². The third kappa shape index (κ3) is 4.04. The van der Waals surface area contributed by atoms with E-state index in [0.717, 1.165) is 0 Å². The molecule has 8 nitrogen and oxygen atoms in total. The standard InChI is InChI=1S/C19H20N2O6S/c1-12-7-18(27-20-12)13-5-6-17(26-4)19(8-13)28(22,23)21-14-9-15(24-2)11-16(10-14)25-3/h5-11,21H,1-4H3. The van der Waals surface area contributed by atoms with Crippen molar-refractivity contribution in [2.75, 3.05) is 26.1 Å². The van der Waals surface area contributed by atoms with Crippen LogP contribution in [0.15, 0.2) is 51.9 Å². The molecule has 0 aliphatic carbocycles. The molecular formula is C19H20N2O6S. The summed E-state index contributed by atoms with van der Waals surface area (Å²) < 4.78 is 49.5. The van der Waals surface area contributed by atoms with Crippen molar-refractivity contribution in [3.63, 3.8) is 0 Å². The first-order valence-corrected chi connectivity index (χ1v) is 9.72. The fourth-order valence-corrected chi connectivity index (χ4v) is 3.85. The van der Waals surface area contributed by atoms with Crippen LogP contribution in [-0.2, 0) is 10.0 Å². The summed E-state index contributed by atoms with van der Waals surface area (Å²) in [6.45, 7) is 1.78. The molecule has 1 heterocycles. The van der Waals surface area contributed by atoms with Gasteiger partial charge in [0.1, 0.15) is 22.1 Å². The molecule has 0 radical (unpaired) electrons. The van der Waals surface area contributed by atoms with E-state index in [1.54, 1.807) is 43.3 Å². The third-order valence-electron chi connectivity index (χ3n) is 3.97. The smallest absolute Gasteiger partial charge is 0.265 e. The van der Waals surface area contributed by atoms with Crippen LogP contribution in [-0.4, -0.2) is 34.9 Å². The maximum atomic E-state index is 13.1. The first kappa shape index (κ1) is 19.6. The number of ether oxygens (including phenoxy) is 3. The highest BCUT2D eigenvalue weighted by Crippen LogP contribution is 2.33. The van der Waals surface area contributed by atoms with E-state index in [0.29, 0.717) is 34.2 Å². The van der Waals surface area contributed by atoms with Gasteiger partial charge in [-0.1, -0.05) is 5.16 Å². The van der Waals surface area contributed by atoms with Crippen LogP contribution >= 0.6 is 0 Å². The summed E-state index contributed by atoms with van der Waals surface area (Å²) in [5, 5.41) is 3.83. The van der Waals surface area contributed by atoms with E-state index in [-0.39, 0.29) is 10.6 Å². The van der Waals surface area contributed by atoms with Crippen LogP contribution in [0, 0.1) is 6.92 Å². The highest BCUT2D eigenvalue weighted by atomic mass is 32.2. The maximum Gasteiger partial charge on any atom is 0.265 e. The van der Waals surface area contributed by atoms with Gasteiger partial charge < -0.3 is 18.7 Å². The summed E-state index contributed by atoms with van der Waals surface area (Å²) in [5.74, 6) is 1.56. The van der Waals surface area contributed by atoms with Crippen molar-refractivity contribution < 1.29 is 27.2 Å². The number of rotatable bonds is 7. The summed E-state index contributed by atoms with van der Waals surface area (Å²) in [6, 6.07) is 11.2. The Kier molecular flexibility index (Phi) is 5.46. The number of sulfonamides is 1. The molecule has 0 bridgehead atoms. The molecule has 9 heteroatoms. The lowest BCUT2D eigenvalue weighted by Gasteiger charge is -2.14. The number of benzene rings is 2. The lowest BCUT2D eigenvalue weighted by Crippen LogP contribution is -2.14. The summed E-state index contributed by atoms with van der Waals surface area (Å²) in [4.78, 5) is -0.0386. The lowest BCUT2D eigenvalue weighted by atomic mass is 10.1. The van der Waals surface area contributed by atoms with Crippen molar-refractivity contribution in [3.05, 3.63) is 48.2 Å². The van der Waals surface area contributed by atoms with E-state index in [4.69, 9.17) is 18.7 Å². The fraction of sp³-hybridized carbons (Fsp3) is 0.211. The highest BCUT2D eigenvalue weighted by molar-refractivity contribution is 7.92. The quantitative estimate of drug-likeness (QED) is 0.643. The highest BCUT2D eigenvalue weighted by Gasteiger charge is 2.22. The average Bonchev–Trinajstić information content (AvgIpc) is 3.13. The number of anilines is 1. The molecule has 0 fully saturated rings. The average molecular weight is 404 g/mol. The molecule has 0 saturated carbocycles. The van der Waals surface area contributed by atoms with Crippen LogP contribution in [0.4, 0.5) is 5.69 Å². The largest absolute Gasteiger partial charge is 0.497 e. The minimum absolute atomic E-state index is 0.0386. The van der Waals surface area contributed by atoms with Gasteiger partial charge in [0.15, 0.2) is 5.76 Å². The Hall–Kier alpha value is -3.20. The monoisotopic (exact) mass is 404 g/mol. The van der Waals surface area contributed by atoms with E-state index in [1.807, 2.05) is 0 Å². The Morgan fingerprint density at radius 1 is 0.929 bits per heavy atom. The van der Waals surface area contributed by atoms with Gasteiger partial charge in [0, 0.05) is 29.8 Å². The lowest BCUT2D eigenvalue weighted by molar-refractivity contribution is 0.395. The van der Waals surface area contributed by atoms with Crippen molar-refractivity contribution >= 4 is 15.7 Å². The van der Waals surface area contributed by atoms with Gasteiger partial charge in [-0.3, -0.25) is 4.72 Å². The minimum atomic E-state index is -3.98. The maximum absolute atomic E-state index is 13.1. The second-order valence-electron chi connectivity index (χ2n) is 5.91. The number of hydrogen-bond donors (Lipinski definition) is 1. The van der Waals surface area contributed by atoms with Crippen LogP contribution in [0.5, 0.6) is 17.2 Å². The van der Waals surface area contributed by atoms with Gasteiger partial charge in [-0.2, -0.15) is 0 Å². The SMILES string of the molecule is COc1cc(NS(=O)(=O)c2cc(-c3cc(C)no3)ccc2OC)cc(OC)c1. The van der Waals surface area contributed by atoms with E-state index in [2.05, 4.69) is 9.88 Å². The van der Waals surface area contributed by atoms with Crippen LogP contribution in [0.3, 0.4) is 0 Å². The van der Waals surface area contributed by atoms with Crippen LogP contribution in [0.25, 0.3) is 11.3 Å². The van der Waals surface area contributed by atoms with Crippen molar-refractivity contribution in [1.29, 1.82) is 0 Å². The van der Waals surface area contributed by atoms with Gasteiger partial charge in [0.05, 0.1) is 32.7 Å². The van der Waals surface area contributed by atoms with Gasteiger partial charge in [-0.05, 0) is 25.1 Å². The molecule has 28 heavy (non-hydrogen) atoms. The van der Waals surface area contributed by atoms with Crippen molar-refractivity contribution in [2.24, 2.45) is 0 Å². The van der Waals surface area contributed by atoms with Gasteiger partial charge in [-0.25, -0.2) is 8.42 Å². The molecule has 0 aliphatic rings. The molecule has 3 rings (SSSR count). The molecule has 0 saturated heterocycles. The molecule has 0 amide bonds. The van der Waals surface area contributed by atoms with Gasteiger partial charge in [-0.15, -0.1) is 0 Å². The van der Waals surface area contributed by atoms with Crippen LogP contribution < -0.4 is 18.9 Å². The molecule has 0 aliphatic heterocycles. The Morgan fingerprint density at radius 3 is 2.14 bits per heavy atom. The number of hydrogen-bond acceptors (Lipinski definition) is 7. The molecule has 2 aromatic carbocycles. The predicted molar refractivity (Wildman–Crippen MR) is 104 cm³/mol. The second kappa shape index (κ2) is 7.81. The van der Waals surface area contributed by atoms with Gasteiger partial charge in [0.25, 0.3) is 10.0 Å². The van der Waals surface area contributed by atoms with E-state index in [9.17, 15) is 8.42 Å². The number of methoxy groups -OCH3 is 3. The zero-order chi connectivity index (χ0) is 20.3. The molecule has 148 valence electrons. The van der Waals surface area contributed by atoms with Crippen LogP contribution in [0.2, 0.25) is 0 Å². The predicted octanol–water partition coefficient (Wildman–Crippen LogP) is 3.48. The normalized spacial score (nSPS) is 11.1. The second-order valence-corrected chi connectivity index (χ2v) is 7.56. The summed E-state index contributed by atoms with van der Waals surface area (Å²) in [7, 11) is 0.396. The third-order valence-corrected chi connectivity index (χ3v) is 5.37. The van der Waals surface area contributed by atoms with E-state index >= 15 is 0 Å². The summed E-state index contributed by atoms with van der Waals surface area (Å²) in [6.07, 6.45) is 0. The number of nitrogens with one attached hydrogen (secondary N) is 1. The molecule has 0 spiro atoms. The molecule has 0 atom stereocenters. The molecule has 1 aromatic heterocycles. The van der Waals surface area contributed by atoms with Gasteiger partial charge in [0.2, 0.25) is 0 Å². The van der Waals surface area contributed by atoms with Crippen LogP contribution in [0.1, 0.15) is 5.69 Å². The van der Waals surface area contributed by atoms with E-state index < -0.39 is 10.0 Å². The number of aromatic nitrogens is 1. The van der Waals surface area contributed by atoms with Gasteiger partial charge >= 0.3 is 0 Å². The molecule has 1 N–H and O–H groups in total. The Labute approximate surface area is 163 Å². The zero-order valence-corrected chi connectivity index (χ0v) is 16.7. The Balaban J connectivity index is 2.03. The molecule has 3 aromatic rings. The minimum Gasteiger partial charge on any atom is -0.497 e. The Morgan fingerprint density at radius 2 is 1.61 bits per heavy atom. The van der Waals surface area contributed by atoms with E-state index in [1.165, 1.54) is 27.4 Å². The Bertz CT molecular complexity index is 1070. The summed E-state index contributed by atoms with van der Waals surface area (Å²) in [5.41, 5.74) is 1.54. The number of nitrogens with zero attached hydrogens (tertiary/aromatic N) is 1. The summed E-state index contributed by atoms with van der Waals surface area (Å²) >= 11 is 0. The van der Waals surface area contributed by atoms with Crippen molar-refractivity contribution in [3.8, 4) is 28.6 Å². The first-order chi connectivity index (χ1) is 13.4. The number of aryl methyl sites for hydroxylation is 1. The first-order valence-electron chi connectivity index (χ1n) is 8.24. The molecular weight excluding hydrogens is 384 g/mol. The topological polar surface area (TPSA) is 99.9 Å². The van der Waals surface area contributed by atoms with Crippen molar-refractivity contribution in [1.82, 2.24) is 5.16 Å². The molecule has 0 unspecified atom stereocenters.